The summed E-state index contributed by atoms with van der Waals surface area (Å²) >= 11 is 0. The Labute approximate surface area is 90.0 Å². The van der Waals surface area contributed by atoms with E-state index < -0.39 is 0 Å². The van der Waals surface area contributed by atoms with Gasteiger partial charge in [0, 0.05) is 6.42 Å². The number of rotatable bonds is 4. The van der Waals surface area contributed by atoms with Crippen LogP contribution in [0.4, 0.5) is 0 Å². The average molecular weight is 207 g/mol. The molecule has 81 valence electrons. The van der Waals surface area contributed by atoms with Crippen LogP contribution >= 0.6 is 0 Å². The fourth-order valence-corrected chi connectivity index (χ4v) is 1.44. The van der Waals surface area contributed by atoms with E-state index in [0.29, 0.717) is 6.61 Å². The summed E-state index contributed by atoms with van der Waals surface area (Å²) in [7, 11) is 0. The SMILES string of the molecule is [c]1cccc(OCCC2OCCCO2)c1. The van der Waals surface area contributed by atoms with Gasteiger partial charge in [0.15, 0.2) is 6.29 Å². The van der Waals surface area contributed by atoms with E-state index in [0.717, 1.165) is 31.8 Å². The molecule has 1 saturated heterocycles. The standard InChI is InChI=1S/C12H15O3/c1-2-5-11(6-3-1)13-10-7-12-14-8-4-9-15-12/h1-2,5-6,12H,4,7-10H2. The molecule has 0 aromatic heterocycles. The van der Waals surface area contributed by atoms with E-state index in [9.17, 15) is 0 Å². The molecule has 3 nitrogen and oxygen atoms in total. The highest BCUT2D eigenvalue weighted by molar-refractivity contribution is 5.19. The van der Waals surface area contributed by atoms with E-state index >= 15 is 0 Å². The van der Waals surface area contributed by atoms with Crippen molar-refractivity contribution < 1.29 is 14.2 Å². The van der Waals surface area contributed by atoms with Crippen molar-refractivity contribution in [1.29, 1.82) is 0 Å². The molecule has 1 aromatic carbocycles. The molecular formula is C12H15O3. The molecule has 1 aliphatic rings. The Morgan fingerprint density at radius 3 is 3.00 bits per heavy atom. The first kappa shape index (κ1) is 10.5. The molecule has 0 saturated carbocycles. The predicted octanol–water partition coefficient (Wildman–Crippen LogP) is 2.02. The third-order valence-corrected chi connectivity index (χ3v) is 2.20. The van der Waals surface area contributed by atoms with Crippen molar-refractivity contribution in [2.24, 2.45) is 0 Å². The molecule has 1 heterocycles. The molecule has 0 aliphatic carbocycles. The van der Waals surface area contributed by atoms with Gasteiger partial charge in [0.2, 0.25) is 0 Å². The average Bonchev–Trinajstić information content (AvgIpc) is 2.32. The summed E-state index contributed by atoms with van der Waals surface area (Å²) in [6.45, 7) is 2.20. The summed E-state index contributed by atoms with van der Waals surface area (Å²) in [5.74, 6) is 0.841. The minimum atomic E-state index is -0.0913. The number of ether oxygens (including phenoxy) is 3. The van der Waals surface area contributed by atoms with Crippen molar-refractivity contribution >= 4 is 0 Å². The Balaban J connectivity index is 1.66. The van der Waals surface area contributed by atoms with E-state index in [2.05, 4.69) is 6.07 Å². The summed E-state index contributed by atoms with van der Waals surface area (Å²) < 4.78 is 16.3. The first-order valence-corrected chi connectivity index (χ1v) is 5.27. The van der Waals surface area contributed by atoms with E-state index in [4.69, 9.17) is 14.2 Å². The zero-order chi connectivity index (χ0) is 10.3. The van der Waals surface area contributed by atoms with Gasteiger partial charge >= 0.3 is 0 Å². The van der Waals surface area contributed by atoms with Gasteiger partial charge < -0.3 is 14.2 Å². The lowest BCUT2D eigenvalue weighted by Crippen LogP contribution is -2.26. The van der Waals surface area contributed by atoms with Crippen LogP contribution in [0.3, 0.4) is 0 Å². The highest BCUT2D eigenvalue weighted by atomic mass is 16.7. The van der Waals surface area contributed by atoms with Crippen LogP contribution in [0.2, 0.25) is 0 Å². The third kappa shape index (κ3) is 3.53. The van der Waals surface area contributed by atoms with Crippen LogP contribution in [0, 0.1) is 6.07 Å². The minimum Gasteiger partial charge on any atom is -0.493 e. The molecule has 0 atom stereocenters. The zero-order valence-electron chi connectivity index (χ0n) is 8.65. The molecule has 0 unspecified atom stereocenters. The molecule has 1 aliphatic heterocycles. The molecule has 0 amide bonds. The van der Waals surface area contributed by atoms with Crippen molar-refractivity contribution in [2.75, 3.05) is 19.8 Å². The van der Waals surface area contributed by atoms with E-state index in [1.54, 1.807) is 0 Å². The Kier molecular flexibility index (Phi) is 4.00. The minimum absolute atomic E-state index is 0.0913. The van der Waals surface area contributed by atoms with Gasteiger partial charge in [0.05, 0.1) is 19.8 Å². The Morgan fingerprint density at radius 1 is 1.40 bits per heavy atom. The van der Waals surface area contributed by atoms with Crippen molar-refractivity contribution in [3.05, 3.63) is 30.3 Å². The van der Waals surface area contributed by atoms with Gasteiger partial charge in [0.25, 0.3) is 0 Å². The second-order valence-corrected chi connectivity index (χ2v) is 3.40. The van der Waals surface area contributed by atoms with Crippen LogP contribution in [0.1, 0.15) is 12.8 Å². The lowest BCUT2D eigenvalue weighted by atomic mass is 10.3. The fraction of sp³-hybridized carbons (Fsp3) is 0.500. The van der Waals surface area contributed by atoms with Gasteiger partial charge in [-0.15, -0.1) is 0 Å². The van der Waals surface area contributed by atoms with Gasteiger partial charge in [-0.2, -0.15) is 0 Å². The second-order valence-electron chi connectivity index (χ2n) is 3.40. The molecule has 0 spiro atoms. The molecule has 0 bridgehead atoms. The van der Waals surface area contributed by atoms with Crippen molar-refractivity contribution in [3.63, 3.8) is 0 Å². The normalized spacial score (nSPS) is 17.6. The fourth-order valence-electron chi connectivity index (χ4n) is 1.44. The summed E-state index contributed by atoms with van der Waals surface area (Å²) in [4.78, 5) is 0. The number of hydrogen-bond donors (Lipinski definition) is 0. The van der Waals surface area contributed by atoms with Crippen LogP contribution in [0.15, 0.2) is 24.3 Å². The lowest BCUT2D eigenvalue weighted by molar-refractivity contribution is -0.183. The molecule has 1 fully saturated rings. The second kappa shape index (κ2) is 5.73. The van der Waals surface area contributed by atoms with Gasteiger partial charge in [-0.25, -0.2) is 0 Å². The van der Waals surface area contributed by atoms with Crippen molar-refractivity contribution in [1.82, 2.24) is 0 Å². The monoisotopic (exact) mass is 207 g/mol. The Bertz CT molecular complexity index is 267. The summed E-state index contributed by atoms with van der Waals surface area (Å²) in [6, 6.07) is 10.5. The Morgan fingerprint density at radius 2 is 2.27 bits per heavy atom. The molecule has 15 heavy (non-hydrogen) atoms. The number of hydrogen-bond acceptors (Lipinski definition) is 3. The largest absolute Gasteiger partial charge is 0.493 e. The van der Waals surface area contributed by atoms with Crippen LogP contribution in [0.5, 0.6) is 5.75 Å². The van der Waals surface area contributed by atoms with E-state index in [1.165, 1.54) is 0 Å². The highest BCUT2D eigenvalue weighted by Gasteiger charge is 2.13. The summed E-state index contributed by atoms with van der Waals surface area (Å²) in [5.41, 5.74) is 0. The highest BCUT2D eigenvalue weighted by Crippen LogP contribution is 2.11. The van der Waals surface area contributed by atoms with Crippen LogP contribution in [-0.2, 0) is 9.47 Å². The molecular weight excluding hydrogens is 192 g/mol. The maximum absolute atomic E-state index is 5.52. The smallest absolute Gasteiger partial charge is 0.160 e. The quantitative estimate of drug-likeness (QED) is 0.756. The van der Waals surface area contributed by atoms with Crippen LogP contribution in [0.25, 0.3) is 0 Å². The lowest BCUT2D eigenvalue weighted by Gasteiger charge is -2.22. The molecule has 2 rings (SSSR count). The zero-order valence-corrected chi connectivity index (χ0v) is 8.65. The molecule has 1 aromatic rings. The van der Waals surface area contributed by atoms with Crippen LogP contribution in [-0.4, -0.2) is 26.1 Å². The maximum Gasteiger partial charge on any atom is 0.160 e. The van der Waals surface area contributed by atoms with Crippen LogP contribution < -0.4 is 4.74 Å². The molecule has 0 N–H and O–H groups in total. The number of benzene rings is 1. The maximum atomic E-state index is 5.52. The molecule has 3 heteroatoms. The van der Waals surface area contributed by atoms with E-state index in [-0.39, 0.29) is 6.29 Å². The first-order valence-electron chi connectivity index (χ1n) is 5.27. The summed E-state index contributed by atoms with van der Waals surface area (Å²) in [6.07, 6.45) is 1.67. The first-order chi connectivity index (χ1) is 7.45. The molecule has 1 radical (unpaired) electrons. The van der Waals surface area contributed by atoms with Gasteiger partial charge in [0.1, 0.15) is 5.75 Å². The topological polar surface area (TPSA) is 27.7 Å². The summed E-state index contributed by atoms with van der Waals surface area (Å²) in [5, 5.41) is 0. The third-order valence-electron chi connectivity index (χ3n) is 2.20. The van der Waals surface area contributed by atoms with Gasteiger partial charge in [-0.3, -0.25) is 0 Å². The predicted molar refractivity (Wildman–Crippen MR) is 55.7 cm³/mol. The van der Waals surface area contributed by atoms with Crippen molar-refractivity contribution in [2.45, 2.75) is 19.1 Å². The van der Waals surface area contributed by atoms with Gasteiger partial charge in [-0.05, 0) is 24.6 Å². The van der Waals surface area contributed by atoms with Crippen molar-refractivity contribution in [3.8, 4) is 5.75 Å². The Hall–Kier alpha value is -1.06. The van der Waals surface area contributed by atoms with Gasteiger partial charge in [-0.1, -0.05) is 12.1 Å². The van der Waals surface area contributed by atoms with E-state index in [1.807, 2.05) is 24.3 Å².